The quantitative estimate of drug-likeness (QED) is 0.884. The van der Waals surface area contributed by atoms with Gasteiger partial charge in [0.25, 0.3) is 0 Å². The lowest BCUT2D eigenvalue weighted by Crippen LogP contribution is -2.15. The highest BCUT2D eigenvalue weighted by atomic mass is 14.9. The van der Waals surface area contributed by atoms with Crippen molar-refractivity contribution < 1.29 is 0 Å². The minimum absolute atomic E-state index is 0.745. The number of rotatable bonds is 4. The van der Waals surface area contributed by atoms with Gasteiger partial charge < -0.3 is 5.32 Å². The van der Waals surface area contributed by atoms with Crippen molar-refractivity contribution in [2.45, 2.75) is 32.4 Å². The van der Waals surface area contributed by atoms with Crippen LogP contribution < -0.4 is 5.32 Å². The van der Waals surface area contributed by atoms with Crippen LogP contribution in [0.4, 0.5) is 0 Å². The van der Waals surface area contributed by atoms with E-state index in [2.05, 4.69) is 46.7 Å². The van der Waals surface area contributed by atoms with Gasteiger partial charge in [-0.25, -0.2) is 0 Å². The third kappa shape index (κ3) is 2.59. The number of aryl methyl sites for hydroxylation is 1. The molecule has 1 aliphatic carbocycles. The molecule has 2 heteroatoms. The summed E-state index contributed by atoms with van der Waals surface area (Å²) in [7, 11) is 0. The van der Waals surface area contributed by atoms with Gasteiger partial charge in [-0.3, -0.25) is 4.98 Å². The third-order valence-electron chi connectivity index (χ3n) is 3.40. The summed E-state index contributed by atoms with van der Waals surface area (Å²) < 4.78 is 0. The summed E-state index contributed by atoms with van der Waals surface area (Å²) in [5.74, 6) is 0. The zero-order valence-corrected chi connectivity index (χ0v) is 10.7. The number of nitrogens with one attached hydrogen (secondary N) is 1. The van der Waals surface area contributed by atoms with Crippen molar-refractivity contribution in [2.75, 3.05) is 0 Å². The first-order chi connectivity index (χ1) is 8.83. The van der Waals surface area contributed by atoms with Crippen molar-refractivity contribution >= 4 is 0 Å². The molecule has 1 aromatic carbocycles. The standard InChI is InChI=1S/C16H18N2/c1-12-6-7-14(10-17-12)16-5-3-2-4-13(16)11-18-15-8-9-15/h2-7,10,15,18H,8-9,11H2,1H3. The second-order valence-corrected chi connectivity index (χ2v) is 5.00. The summed E-state index contributed by atoms with van der Waals surface area (Å²) in [5.41, 5.74) is 4.91. The van der Waals surface area contributed by atoms with Gasteiger partial charge in [0.05, 0.1) is 0 Å². The Kier molecular flexibility index (Phi) is 3.11. The molecule has 1 heterocycles. The fourth-order valence-electron chi connectivity index (χ4n) is 2.12. The molecule has 0 spiro atoms. The van der Waals surface area contributed by atoms with Crippen LogP contribution in [0.5, 0.6) is 0 Å². The lowest BCUT2D eigenvalue weighted by atomic mass is 10.0. The van der Waals surface area contributed by atoms with Crippen molar-refractivity contribution in [3.63, 3.8) is 0 Å². The van der Waals surface area contributed by atoms with Gasteiger partial charge in [0.2, 0.25) is 0 Å². The van der Waals surface area contributed by atoms with E-state index >= 15 is 0 Å². The molecule has 0 amide bonds. The van der Waals surface area contributed by atoms with E-state index in [0.29, 0.717) is 0 Å². The first kappa shape index (κ1) is 11.4. The van der Waals surface area contributed by atoms with Crippen LogP contribution in [-0.2, 0) is 6.54 Å². The summed E-state index contributed by atoms with van der Waals surface area (Å²) in [6, 6.07) is 13.5. The monoisotopic (exact) mass is 238 g/mol. The van der Waals surface area contributed by atoms with Crippen LogP contribution in [0, 0.1) is 6.92 Å². The number of benzene rings is 1. The van der Waals surface area contributed by atoms with E-state index < -0.39 is 0 Å². The Balaban J connectivity index is 1.87. The highest BCUT2D eigenvalue weighted by Gasteiger charge is 2.20. The number of nitrogens with zero attached hydrogens (tertiary/aromatic N) is 1. The predicted molar refractivity (Wildman–Crippen MR) is 74.3 cm³/mol. The molecule has 0 atom stereocenters. The number of hydrogen-bond acceptors (Lipinski definition) is 2. The maximum atomic E-state index is 4.38. The largest absolute Gasteiger partial charge is 0.310 e. The zero-order chi connectivity index (χ0) is 12.4. The van der Waals surface area contributed by atoms with Gasteiger partial charge in [0.1, 0.15) is 0 Å². The molecule has 1 fully saturated rings. The average molecular weight is 238 g/mol. The Labute approximate surface area is 108 Å². The molecule has 1 N–H and O–H groups in total. The molecular weight excluding hydrogens is 220 g/mol. The smallest absolute Gasteiger partial charge is 0.0373 e. The molecule has 0 bridgehead atoms. The third-order valence-corrected chi connectivity index (χ3v) is 3.40. The Hall–Kier alpha value is -1.67. The van der Waals surface area contributed by atoms with Gasteiger partial charge in [0.15, 0.2) is 0 Å². The Morgan fingerprint density at radius 3 is 2.72 bits per heavy atom. The normalized spacial score (nSPS) is 14.7. The van der Waals surface area contributed by atoms with Crippen LogP contribution in [0.15, 0.2) is 42.6 Å². The molecule has 92 valence electrons. The summed E-state index contributed by atoms with van der Waals surface area (Å²) in [4.78, 5) is 4.38. The SMILES string of the molecule is Cc1ccc(-c2ccccc2CNC2CC2)cn1. The molecule has 0 saturated heterocycles. The first-order valence-electron chi connectivity index (χ1n) is 6.57. The Bertz CT molecular complexity index is 527. The molecule has 0 aliphatic heterocycles. The summed E-state index contributed by atoms with van der Waals surface area (Å²) in [5, 5.41) is 3.57. The van der Waals surface area contributed by atoms with Gasteiger partial charge >= 0.3 is 0 Å². The minimum atomic E-state index is 0.745. The number of hydrogen-bond donors (Lipinski definition) is 1. The van der Waals surface area contributed by atoms with Crippen molar-refractivity contribution in [2.24, 2.45) is 0 Å². The van der Waals surface area contributed by atoms with Crippen LogP contribution in [-0.4, -0.2) is 11.0 Å². The lowest BCUT2D eigenvalue weighted by Gasteiger charge is -2.10. The van der Waals surface area contributed by atoms with Crippen LogP contribution in [0.25, 0.3) is 11.1 Å². The molecule has 2 aromatic rings. The van der Waals surface area contributed by atoms with E-state index in [4.69, 9.17) is 0 Å². The van der Waals surface area contributed by atoms with E-state index in [-0.39, 0.29) is 0 Å². The molecule has 2 nitrogen and oxygen atoms in total. The minimum Gasteiger partial charge on any atom is -0.310 e. The molecule has 18 heavy (non-hydrogen) atoms. The second kappa shape index (κ2) is 4.91. The van der Waals surface area contributed by atoms with Gasteiger partial charge in [0, 0.05) is 30.0 Å². The highest BCUT2D eigenvalue weighted by Crippen LogP contribution is 2.25. The van der Waals surface area contributed by atoms with Crippen LogP contribution in [0.1, 0.15) is 24.1 Å². The maximum Gasteiger partial charge on any atom is 0.0373 e. The molecule has 3 rings (SSSR count). The fourth-order valence-corrected chi connectivity index (χ4v) is 2.12. The lowest BCUT2D eigenvalue weighted by molar-refractivity contribution is 0.689. The van der Waals surface area contributed by atoms with Crippen LogP contribution in [0.2, 0.25) is 0 Å². The maximum absolute atomic E-state index is 4.38. The predicted octanol–water partition coefficient (Wildman–Crippen LogP) is 3.31. The average Bonchev–Trinajstić information content (AvgIpc) is 3.22. The van der Waals surface area contributed by atoms with Gasteiger partial charge in [-0.15, -0.1) is 0 Å². The zero-order valence-electron chi connectivity index (χ0n) is 10.7. The number of aromatic nitrogens is 1. The topological polar surface area (TPSA) is 24.9 Å². The van der Waals surface area contributed by atoms with Crippen LogP contribution in [0.3, 0.4) is 0 Å². The number of pyridine rings is 1. The van der Waals surface area contributed by atoms with Crippen molar-refractivity contribution in [1.29, 1.82) is 0 Å². The van der Waals surface area contributed by atoms with Crippen LogP contribution >= 0.6 is 0 Å². The fraction of sp³-hybridized carbons (Fsp3) is 0.312. The molecule has 1 aliphatic rings. The van der Waals surface area contributed by atoms with E-state index in [1.54, 1.807) is 0 Å². The summed E-state index contributed by atoms with van der Waals surface area (Å²) in [6.45, 7) is 2.97. The molecule has 0 unspecified atom stereocenters. The highest BCUT2D eigenvalue weighted by molar-refractivity contribution is 5.66. The van der Waals surface area contributed by atoms with Crippen molar-refractivity contribution in [1.82, 2.24) is 10.3 Å². The molecule has 1 saturated carbocycles. The molecule has 0 radical (unpaired) electrons. The van der Waals surface area contributed by atoms with E-state index in [0.717, 1.165) is 18.3 Å². The van der Waals surface area contributed by atoms with Gasteiger partial charge in [-0.1, -0.05) is 30.3 Å². The summed E-state index contributed by atoms with van der Waals surface area (Å²) >= 11 is 0. The van der Waals surface area contributed by atoms with Gasteiger partial charge in [-0.2, -0.15) is 0 Å². The molecule has 1 aromatic heterocycles. The first-order valence-corrected chi connectivity index (χ1v) is 6.57. The van der Waals surface area contributed by atoms with E-state index in [9.17, 15) is 0 Å². The van der Waals surface area contributed by atoms with Crippen molar-refractivity contribution in [3.8, 4) is 11.1 Å². The molecular formula is C16H18N2. The second-order valence-electron chi connectivity index (χ2n) is 5.00. The summed E-state index contributed by atoms with van der Waals surface area (Å²) in [6.07, 6.45) is 4.62. The Morgan fingerprint density at radius 1 is 1.17 bits per heavy atom. The van der Waals surface area contributed by atoms with Gasteiger partial charge in [-0.05, 0) is 37.0 Å². The van der Waals surface area contributed by atoms with E-state index in [1.807, 2.05) is 13.1 Å². The van der Waals surface area contributed by atoms with E-state index in [1.165, 1.54) is 29.5 Å². The Morgan fingerprint density at radius 2 is 2.00 bits per heavy atom. The van der Waals surface area contributed by atoms with Crippen molar-refractivity contribution in [3.05, 3.63) is 53.9 Å².